The van der Waals surface area contributed by atoms with E-state index in [9.17, 15) is 16.8 Å². The number of sulfonamides is 1. The van der Waals surface area contributed by atoms with Gasteiger partial charge in [0.15, 0.2) is 9.84 Å². The lowest BCUT2D eigenvalue weighted by atomic mass is 10.3. The Morgan fingerprint density at radius 2 is 2.20 bits per heavy atom. The molecule has 1 N–H and O–H groups in total. The van der Waals surface area contributed by atoms with E-state index in [4.69, 9.17) is 0 Å². The molecule has 1 aliphatic rings. The largest absolute Gasteiger partial charge is 0.316 e. The average Bonchev–Trinajstić information content (AvgIpc) is 2.77. The third-order valence-electron chi connectivity index (χ3n) is 3.18. The van der Waals surface area contributed by atoms with E-state index in [0.29, 0.717) is 6.54 Å². The highest BCUT2D eigenvalue weighted by Crippen LogP contribution is 2.27. The number of rotatable bonds is 4. The highest BCUT2D eigenvalue weighted by Gasteiger charge is 2.37. The minimum atomic E-state index is -3.60. The zero-order valence-corrected chi connectivity index (χ0v) is 13.8. The van der Waals surface area contributed by atoms with Crippen LogP contribution in [0.1, 0.15) is 12.5 Å². The molecule has 20 heavy (non-hydrogen) atoms. The van der Waals surface area contributed by atoms with Gasteiger partial charge < -0.3 is 5.32 Å². The number of nitrogens with one attached hydrogen (secondary N) is 1. The Hall–Kier alpha value is -0.480. The minimum Gasteiger partial charge on any atom is -0.316 e. The molecule has 1 aliphatic heterocycles. The maximum atomic E-state index is 12.5. The van der Waals surface area contributed by atoms with Crippen LogP contribution < -0.4 is 5.32 Å². The lowest BCUT2D eigenvalue weighted by Crippen LogP contribution is -2.49. The van der Waals surface area contributed by atoms with Crippen LogP contribution in [0.15, 0.2) is 15.7 Å². The van der Waals surface area contributed by atoms with Gasteiger partial charge in [-0.1, -0.05) is 0 Å². The fourth-order valence-electron chi connectivity index (χ4n) is 2.24. The number of hydrogen-bond acceptors (Lipinski definition) is 6. The summed E-state index contributed by atoms with van der Waals surface area (Å²) in [5, 5.41) is 4.77. The molecule has 1 aromatic heterocycles. The second-order valence-corrected chi connectivity index (χ2v) is 10.1. The fourth-order valence-corrected chi connectivity index (χ4v) is 6.98. The lowest BCUT2D eigenvalue weighted by molar-refractivity contribution is 0.357. The molecule has 0 aliphatic carbocycles. The Morgan fingerprint density at radius 3 is 2.80 bits per heavy atom. The molecule has 0 spiro atoms. The van der Waals surface area contributed by atoms with Crippen LogP contribution in [0.3, 0.4) is 0 Å². The van der Waals surface area contributed by atoms with Crippen molar-refractivity contribution in [3.63, 3.8) is 0 Å². The van der Waals surface area contributed by atoms with Gasteiger partial charge in [-0.15, -0.1) is 11.3 Å². The van der Waals surface area contributed by atoms with Crippen LogP contribution >= 0.6 is 11.3 Å². The Morgan fingerprint density at radius 1 is 1.50 bits per heavy atom. The van der Waals surface area contributed by atoms with Crippen molar-refractivity contribution >= 4 is 31.2 Å². The Balaban J connectivity index is 2.26. The highest BCUT2D eigenvalue weighted by atomic mass is 32.2. The molecule has 1 fully saturated rings. The van der Waals surface area contributed by atoms with Crippen LogP contribution in [0.4, 0.5) is 0 Å². The average molecular weight is 338 g/mol. The van der Waals surface area contributed by atoms with E-state index in [-0.39, 0.29) is 22.3 Å². The zero-order chi connectivity index (χ0) is 15.0. The summed E-state index contributed by atoms with van der Waals surface area (Å²) in [4.78, 5) is 0. The second-order valence-electron chi connectivity index (χ2n) is 4.88. The predicted octanol–water partition coefficient (Wildman–Crippen LogP) is 0.275. The Kier molecular flexibility index (Phi) is 4.55. The van der Waals surface area contributed by atoms with E-state index < -0.39 is 25.9 Å². The summed E-state index contributed by atoms with van der Waals surface area (Å²) in [6, 6.07) is 1.13. The summed E-state index contributed by atoms with van der Waals surface area (Å²) in [7, 11) is -4.93. The van der Waals surface area contributed by atoms with Gasteiger partial charge in [-0.2, -0.15) is 4.31 Å². The summed E-state index contributed by atoms with van der Waals surface area (Å²) < 4.78 is 49.7. The van der Waals surface area contributed by atoms with Gasteiger partial charge in [0, 0.05) is 19.1 Å². The molecule has 1 atom stereocenters. The molecule has 0 radical (unpaired) electrons. The van der Waals surface area contributed by atoms with Gasteiger partial charge >= 0.3 is 0 Å². The molecule has 0 aromatic carbocycles. The summed E-state index contributed by atoms with van der Waals surface area (Å²) >= 11 is 1.17. The summed E-state index contributed by atoms with van der Waals surface area (Å²) in [6.07, 6.45) is 0. The van der Waals surface area contributed by atoms with Crippen LogP contribution in [0, 0.1) is 0 Å². The normalized spacial score (nSPS) is 23.8. The van der Waals surface area contributed by atoms with Gasteiger partial charge in [0.05, 0.1) is 11.5 Å². The van der Waals surface area contributed by atoms with Crippen LogP contribution in [0.2, 0.25) is 0 Å². The number of thiophene rings is 1. The standard InChI is InChI=1S/C11H18N2O4S3/c1-9-8-19(14,15)4-3-13(9)20(16,17)11-5-10(6-12-2)7-18-11/h5,7,9,12H,3-4,6,8H2,1-2H3. The molecule has 0 bridgehead atoms. The van der Waals surface area contributed by atoms with Gasteiger partial charge in [0.1, 0.15) is 4.21 Å². The molecular formula is C11H18N2O4S3. The number of nitrogens with zero attached hydrogens (tertiary/aromatic N) is 1. The van der Waals surface area contributed by atoms with Crippen LogP contribution in [0.5, 0.6) is 0 Å². The molecule has 1 aromatic rings. The molecule has 0 amide bonds. The first-order valence-corrected chi connectivity index (χ1v) is 10.3. The number of sulfone groups is 1. The molecule has 1 saturated heterocycles. The van der Waals surface area contributed by atoms with Crippen LogP contribution in [-0.2, 0) is 26.4 Å². The molecule has 9 heteroatoms. The van der Waals surface area contributed by atoms with Crippen molar-refractivity contribution in [3.8, 4) is 0 Å². The van der Waals surface area contributed by atoms with Gasteiger partial charge in [0.2, 0.25) is 0 Å². The van der Waals surface area contributed by atoms with Crippen LogP contribution in [0.25, 0.3) is 0 Å². The van der Waals surface area contributed by atoms with Crippen molar-refractivity contribution in [3.05, 3.63) is 17.0 Å². The smallest absolute Gasteiger partial charge is 0.252 e. The zero-order valence-electron chi connectivity index (χ0n) is 11.4. The molecule has 6 nitrogen and oxygen atoms in total. The fraction of sp³-hybridized carbons (Fsp3) is 0.636. The third kappa shape index (κ3) is 3.22. The van der Waals surface area contributed by atoms with Gasteiger partial charge in [-0.3, -0.25) is 0 Å². The topological polar surface area (TPSA) is 83.6 Å². The van der Waals surface area contributed by atoms with Crippen molar-refractivity contribution in [2.45, 2.75) is 23.7 Å². The van der Waals surface area contributed by atoms with E-state index >= 15 is 0 Å². The molecular weight excluding hydrogens is 320 g/mol. The first kappa shape index (κ1) is 15.9. The monoisotopic (exact) mass is 338 g/mol. The molecule has 0 saturated carbocycles. The van der Waals surface area contributed by atoms with E-state index in [1.165, 1.54) is 15.6 Å². The molecule has 1 unspecified atom stereocenters. The van der Waals surface area contributed by atoms with Gasteiger partial charge in [-0.05, 0) is 31.0 Å². The maximum Gasteiger partial charge on any atom is 0.252 e. The number of hydrogen-bond donors (Lipinski definition) is 1. The quantitative estimate of drug-likeness (QED) is 0.852. The third-order valence-corrected chi connectivity index (χ3v) is 8.46. The van der Waals surface area contributed by atoms with Crippen molar-refractivity contribution < 1.29 is 16.8 Å². The van der Waals surface area contributed by atoms with E-state index in [2.05, 4.69) is 5.32 Å². The van der Waals surface area contributed by atoms with E-state index in [0.717, 1.165) is 5.56 Å². The minimum absolute atomic E-state index is 0.0328. The SMILES string of the molecule is CNCc1csc(S(=O)(=O)N2CCS(=O)(=O)CC2C)c1. The van der Waals surface area contributed by atoms with Crippen molar-refractivity contribution in [2.75, 3.05) is 25.1 Å². The molecule has 2 heterocycles. The maximum absolute atomic E-state index is 12.5. The Labute approximate surface area is 123 Å². The summed E-state index contributed by atoms with van der Waals surface area (Å²) in [5.74, 6) is -0.216. The summed E-state index contributed by atoms with van der Waals surface area (Å²) in [5.41, 5.74) is 0.911. The van der Waals surface area contributed by atoms with Crippen molar-refractivity contribution in [1.82, 2.24) is 9.62 Å². The van der Waals surface area contributed by atoms with E-state index in [1.54, 1.807) is 25.4 Å². The highest BCUT2D eigenvalue weighted by molar-refractivity contribution is 7.92. The first-order valence-electron chi connectivity index (χ1n) is 6.20. The molecule has 2 rings (SSSR count). The van der Waals surface area contributed by atoms with Crippen molar-refractivity contribution in [2.24, 2.45) is 0 Å². The molecule has 114 valence electrons. The van der Waals surface area contributed by atoms with Gasteiger partial charge in [-0.25, -0.2) is 16.8 Å². The van der Waals surface area contributed by atoms with E-state index in [1.807, 2.05) is 0 Å². The summed E-state index contributed by atoms with van der Waals surface area (Å²) in [6.45, 7) is 2.28. The van der Waals surface area contributed by atoms with Crippen molar-refractivity contribution in [1.29, 1.82) is 0 Å². The predicted molar refractivity (Wildman–Crippen MR) is 79.1 cm³/mol. The first-order chi connectivity index (χ1) is 9.26. The van der Waals surface area contributed by atoms with Gasteiger partial charge in [0.25, 0.3) is 10.0 Å². The lowest BCUT2D eigenvalue weighted by Gasteiger charge is -2.31. The van der Waals surface area contributed by atoms with Crippen LogP contribution in [-0.4, -0.2) is 52.3 Å². The second kappa shape index (κ2) is 5.72. The Bertz CT molecular complexity index is 678.